The second-order valence-corrected chi connectivity index (χ2v) is 5.07. The molecule has 0 N–H and O–H groups in total. The van der Waals surface area contributed by atoms with E-state index in [0.29, 0.717) is 11.3 Å². The number of benzene rings is 1. The third-order valence-electron chi connectivity index (χ3n) is 2.87. The van der Waals surface area contributed by atoms with E-state index in [0.717, 1.165) is 4.88 Å². The first kappa shape index (κ1) is 12.5. The van der Waals surface area contributed by atoms with Crippen LogP contribution in [0.5, 0.6) is 0 Å². The zero-order valence-corrected chi connectivity index (χ0v) is 11.1. The van der Waals surface area contributed by atoms with Crippen LogP contribution in [0.3, 0.4) is 0 Å². The van der Waals surface area contributed by atoms with E-state index in [2.05, 4.69) is 10.3 Å². The molecule has 0 saturated carbocycles. The van der Waals surface area contributed by atoms with E-state index in [1.165, 1.54) is 17.4 Å². The molecule has 3 rings (SSSR count). The Morgan fingerprint density at radius 2 is 2.10 bits per heavy atom. The highest BCUT2D eigenvalue weighted by atomic mass is 32.1. The second-order valence-electron chi connectivity index (χ2n) is 4.12. The normalized spacial score (nSPS) is 10.4. The molecule has 0 saturated heterocycles. The van der Waals surface area contributed by atoms with Crippen LogP contribution in [0, 0.1) is 17.1 Å². The molecular formula is C14H9FN4S. The lowest BCUT2D eigenvalue weighted by Gasteiger charge is -2.06. The molecule has 0 aliphatic heterocycles. The molecular weight excluding hydrogens is 275 g/mol. The zero-order valence-electron chi connectivity index (χ0n) is 10.3. The number of nitriles is 1. The second kappa shape index (κ2) is 5.23. The molecule has 0 aliphatic rings. The fourth-order valence-electron chi connectivity index (χ4n) is 1.94. The maximum atomic E-state index is 13.7. The maximum absolute atomic E-state index is 13.7. The average molecular weight is 284 g/mol. The lowest BCUT2D eigenvalue weighted by Crippen LogP contribution is -2.05. The molecule has 0 radical (unpaired) electrons. The molecule has 0 bridgehead atoms. The van der Waals surface area contributed by atoms with Crippen molar-refractivity contribution >= 4 is 11.3 Å². The van der Waals surface area contributed by atoms with E-state index in [9.17, 15) is 4.39 Å². The van der Waals surface area contributed by atoms with Crippen molar-refractivity contribution in [2.24, 2.45) is 0 Å². The van der Waals surface area contributed by atoms with Crippen molar-refractivity contribution < 1.29 is 4.39 Å². The van der Waals surface area contributed by atoms with Crippen LogP contribution in [-0.2, 0) is 6.54 Å². The van der Waals surface area contributed by atoms with Crippen molar-refractivity contribution in [2.75, 3.05) is 0 Å². The van der Waals surface area contributed by atoms with Crippen LogP contribution in [-0.4, -0.2) is 15.0 Å². The van der Waals surface area contributed by atoms with Crippen molar-refractivity contribution in [3.8, 4) is 16.6 Å². The van der Waals surface area contributed by atoms with E-state index in [-0.39, 0.29) is 18.1 Å². The van der Waals surface area contributed by atoms with Gasteiger partial charge in [0.25, 0.3) is 0 Å². The average Bonchev–Trinajstić information content (AvgIpc) is 3.09. The summed E-state index contributed by atoms with van der Waals surface area (Å²) in [7, 11) is 0. The molecule has 2 aromatic heterocycles. The Kier molecular flexibility index (Phi) is 3.27. The highest BCUT2D eigenvalue weighted by molar-refractivity contribution is 7.13. The first-order valence-corrected chi connectivity index (χ1v) is 6.78. The lowest BCUT2D eigenvalue weighted by molar-refractivity contribution is 0.579. The van der Waals surface area contributed by atoms with Crippen molar-refractivity contribution in [3.05, 3.63) is 58.9 Å². The summed E-state index contributed by atoms with van der Waals surface area (Å²) in [6.07, 6.45) is 0. The van der Waals surface area contributed by atoms with Crippen LogP contribution >= 0.6 is 11.3 Å². The Morgan fingerprint density at radius 1 is 1.25 bits per heavy atom. The number of thiophene rings is 1. The van der Waals surface area contributed by atoms with E-state index in [1.54, 1.807) is 22.9 Å². The van der Waals surface area contributed by atoms with Gasteiger partial charge in [-0.15, -0.1) is 16.4 Å². The summed E-state index contributed by atoms with van der Waals surface area (Å²) in [5.41, 5.74) is 1.40. The molecule has 2 heterocycles. The van der Waals surface area contributed by atoms with Crippen molar-refractivity contribution in [3.63, 3.8) is 0 Å². The summed E-state index contributed by atoms with van der Waals surface area (Å²) in [5, 5.41) is 18.8. The van der Waals surface area contributed by atoms with Crippen LogP contribution in [0.2, 0.25) is 0 Å². The van der Waals surface area contributed by atoms with Gasteiger partial charge in [-0.2, -0.15) is 5.26 Å². The van der Waals surface area contributed by atoms with Gasteiger partial charge in [-0.3, -0.25) is 0 Å². The SMILES string of the molecule is N#Cc1nnn(Cc2ccccc2F)c1-c1cccs1. The highest BCUT2D eigenvalue weighted by Crippen LogP contribution is 2.27. The highest BCUT2D eigenvalue weighted by Gasteiger charge is 2.16. The van der Waals surface area contributed by atoms with Gasteiger partial charge in [0.2, 0.25) is 0 Å². The minimum absolute atomic E-state index is 0.245. The third-order valence-corrected chi connectivity index (χ3v) is 3.75. The molecule has 0 unspecified atom stereocenters. The summed E-state index contributed by atoms with van der Waals surface area (Å²) in [5.74, 6) is -0.293. The van der Waals surface area contributed by atoms with Gasteiger partial charge in [0, 0.05) is 5.56 Å². The summed E-state index contributed by atoms with van der Waals surface area (Å²) >= 11 is 1.49. The number of hydrogen-bond donors (Lipinski definition) is 0. The van der Waals surface area contributed by atoms with E-state index < -0.39 is 0 Å². The molecule has 4 nitrogen and oxygen atoms in total. The molecule has 0 spiro atoms. The first-order chi connectivity index (χ1) is 9.79. The maximum Gasteiger partial charge on any atom is 0.191 e. The molecule has 20 heavy (non-hydrogen) atoms. The largest absolute Gasteiger partial charge is 0.238 e. The number of rotatable bonds is 3. The van der Waals surface area contributed by atoms with Gasteiger partial charge < -0.3 is 0 Å². The molecule has 3 aromatic rings. The van der Waals surface area contributed by atoms with Crippen LogP contribution in [0.1, 0.15) is 11.3 Å². The molecule has 98 valence electrons. The van der Waals surface area contributed by atoms with Gasteiger partial charge in [-0.05, 0) is 17.5 Å². The predicted molar refractivity (Wildman–Crippen MR) is 73.6 cm³/mol. The van der Waals surface area contributed by atoms with Crippen molar-refractivity contribution in [1.82, 2.24) is 15.0 Å². The minimum atomic E-state index is -0.293. The van der Waals surface area contributed by atoms with E-state index in [1.807, 2.05) is 23.6 Å². The lowest BCUT2D eigenvalue weighted by atomic mass is 10.2. The number of nitrogens with zero attached hydrogens (tertiary/aromatic N) is 4. The fourth-order valence-corrected chi connectivity index (χ4v) is 2.72. The van der Waals surface area contributed by atoms with Crippen LogP contribution in [0.4, 0.5) is 4.39 Å². The molecule has 0 amide bonds. The van der Waals surface area contributed by atoms with Gasteiger partial charge >= 0.3 is 0 Å². The topological polar surface area (TPSA) is 54.5 Å². The third kappa shape index (κ3) is 2.19. The van der Waals surface area contributed by atoms with Crippen LogP contribution in [0.15, 0.2) is 41.8 Å². The summed E-state index contributed by atoms with van der Waals surface area (Å²) in [4.78, 5) is 0.892. The van der Waals surface area contributed by atoms with Crippen LogP contribution < -0.4 is 0 Å². The van der Waals surface area contributed by atoms with E-state index >= 15 is 0 Å². The van der Waals surface area contributed by atoms with Crippen LogP contribution in [0.25, 0.3) is 10.6 Å². The monoisotopic (exact) mass is 284 g/mol. The molecule has 0 aliphatic carbocycles. The van der Waals surface area contributed by atoms with Gasteiger partial charge in [0.15, 0.2) is 5.69 Å². The Bertz CT molecular complexity index is 771. The Hall–Kier alpha value is -2.52. The fraction of sp³-hybridized carbons (Fsp3) is 0.0714. The summed E-state index contributed by atoms with van der Waals surface area (Å²) in [6.45, 7) is 0.245. The molecule has 0 atom stereocenters. The Labute approximate surface area is 118 Å². The van der Waals surface area contributed by atoms with Gasteiger partial charge in [0.05, 0.1) is 11.4 Å². The predicted octanol–water partition coefficient (Wildman–Crippen LogP) is 3.07. The van der Waals surface area contributed by atoms with Crippen molar-refractivity contribution in [2.45, 2.75) is 6.54 Å². The quantitative estimate of drug-likeness (QED) is 0.742. The van der Waals surface area contributed by atoms with Gasteiger partial charge in [-0.1, -0.05) is 29.5 Å². The smallest absolute Gasteiger partial charge is 0.191 e. The Balaban J connectivity index is 2.06. The number of hydrogen-bond acceptors (Lipinski definition) is 4. The standard InChI is InChI=1S/C14H9FN4S/c15-11-5-2-1-4-10(11)9-19-14(12(8-16)17-18-19)13-6-3-7-20-13/h1-7H,9H2. The van der Waals surface area contributed by atoms with Gasteiger partial charge in [0.1, 0.15) is 17.6 Å². The van der Waals surface area contributed by atoms with E-state index in [4.69, 9.17) is 5.26 Å². The minimum Gasteiger partial charge on any atom is -0.238 e. The number of halogens is 1. The number of aromatic nitrogens is 3. The summed E-state index contributed by atoms with van der Waals surface area (Å²) < 4.78 is 15.3. The molecule has 1 aromatic carbocycles. The molecule has 0 fully saturated rings. The Morgan fingerprint density at radius 3 is 2.80 bits per heavy atom. The van der Waals surface area contributed by atoms with Crippen molar-refractivity contribution in [1.29, 1.82) is 5.26 Å². The molecule has 6 heteroatoms. The van der Waals surface area contributed by atoms with Gasteiger partial charge in [-0.25, -0.2) is 9.07 Å². The zero-order chi connectivity index (χ0) is 13.9. The summed E-state index contributed by atoms with van der Waals surface area (Å²) in [6, 6.07) is 12.3. The first-order valence-electron chi connectivity index (χ1n) is 5.90.